The molecule has 3 aromatic heterocycles. The average molecular weight is 501 g/mol. The van der Waals surface area contributed by atoms with Crippen molar-refractivity contribution in [3.8, 4) is 10.6 Å². The van der Waals surface area contributed by atoms with Gasteiger partial charge in [-0.3, -0.25) is 0 Å². The number of thiazole rings is 1. The molecular formula is C24H20F4N6S. The van der Waals surface area contributed by atoms with Crippen LogP contribution in [-0.2, 0) is 5.54 Å². The van der Waals surface area contributed by atoms with Gasteiger partial charge in [-0.2, -0.15) is 0 Å². The Morgan fingerprint density at radius 3 is 2.46 bits per heavy atom. The molecule has 0 amide bonds. The van der Waals surface area contributed by atoms with Crippen molar-refractivity contribution in [2.24, 2.45) is 5.73 Å². The molecule has 4 heterocycles. The van der Waals surface area contributed by atoms with E-state index in [2.05, 4.69) is 20.3 Å². The number of anilines is 3. The number of nitrogens with two attached hydrogens (primary N) is 1. The minimum atomic E-state index is -2.73. The fourth-order valence-electron chi connectivity index (χ4n) is 4.30. The smallest absolute Gasteiger partial charge is 0.266 e. The third-order valence-electron chi connectivity index (χ3n) is 6.35. The summed E-state index contributed by atoms with van der Waals surface area (Å²) in [6.45, 7) is -0.102. The van der Waals surface area contributed by atoms with Gasteiger partial charge in [-0.25, -0.2) is 32.5 Å². The zero-order valence-electron chi connectivity index (χ0n) is 18.4. The molecule has 0 atom stereocenters. The molecule has 1 saturated carbocycles. The quantitative estimate of drug-likeness (QED) is 0.349. The molecule has 1 saturated heterocycles. The van der Waals surface area contributed by atoms with E-state index < -0.39 is 23.1 Å². The first-order valence-electron chi connectivity index (χ1n) is 11.1. The first-order chi connectivity index (χ1) is 16.7. The fourth-order valence-corrected chi connectivity index (χ4v) is 5.26. The van der Waals surface area contributed by atoms with E-state index in [0.29, 0.717) is 33.2 Å². The Labute approximate surface area is 201 Å². The average Bonchev–Trinajstić information content (AvgIpc) is 3.26. The second-order valence-electron chi connectivity index (χ2n) is 9.03. The number of halogens is 4. The highest BCUT2D eigenvalue weighted by atomic mass is 32.1. The Hall–Kier alpha value is -3.31. The van der Waals surface area contributed by atoms with Crippen LogP contribution in [0.1, 0.15) is 25.0 Å². The van der Waals surface area contributed by atoms with E-state index in [9.17, 15) is 17.6 Å². The molecule has 3 N–H and O–H groups in total. The van der Waals surface area contributed by atoms with Crippen LogP contribution >= 0.6 is 11.3 Å². The van der Waals surface area contributed by atoms with Crippen molar-refractivity contribution >= 4 is 38.9 Å². The van der Waals surface area contributed by atoms with E-state index in [-0.39, 0.29) is 30.1 Å². The van der Waals surface area contributed by atoms with Gasteiger partial charge in [0, 0.05) is 25.2 Å². The van der Waals surface area contributed by atoms with Crippen molar-refractivity contribution in [2.45, 2.75) is 30.7 Å². The maximum atomic E-state index is 14.2. The van der Waals surface area contributed by atoms with Crippen LogP contribution < -0.4 is 16.0 Å². The van der Waals surface area contributed by atoms with Gasteiger partial charge >= 0.3 is 0 Å². The van der Waals surface area contributed by atoms with E-state index in [1.807, 2.05) is 0 Å². The first kappa shape index (κ1) is 22.2. The summed E-state index contributed by atoms with van der Waals surface area (Å²) in [7, 11) is 0. The SMILES string of the molecule is NC1(c2nc(Nc3cc4nc(-c5c(F)cccc5F)sc4cn3)ccc2N2CCC(F)(F)C2)CC1. The largest absolute Gasteiger partial charge is 0.364 e. The molecule has 2 fully saturated rings. The molecule has 1 aromatic carbocycles. The third kappa shape index (κ3) is 4.08. The standard InChI is InChI=1S/C24H20F4N6S/c25-13-2-1-3-14(26)20(13)22-31-15-10-19(30-11-17(15)35-22)32-18-5-4-16(21(33-18)23(29)6-7-23)34-9-8-24(27,28)12-34/h1-5,10-11H,6-9,12,29H2,(H,30,32,33). The molecule has 11 heteroatoms. The number of nitrogens with one attached hydrogen (secondary N) is 1. The lowest BCUT2D eigenvalue weighted by atomic mass is 10.1. The molecule has 1 aliphatic heterocycles. The van der Waals surface area contributed by atoms with E-state index >= 15 is 0 Å². The molecule has 180 valence electrons. The van der Waals surface area contributed by atoms with E-state index in [1.165, 1.54) is 18.2 Å². The molecule has 1 aliphatic carbocycles. The summed E-state index contributed by atoms with van der Waals surface area (Å²) in [5.74, 6) is -3.19. The van der Waals surface area contributed by atoms with Gasteiger partial charge in [-0.1, -0.05) is 6.07 Å². The number of aromatic nitrogens is 3. The molecule has 0 bridgehead atoms. The van der Waals surface area contributed by atoms with Crippen LogP contribution in [0.15, 0.2) is 42.6 Å². The van der Waals surface area contributed by atoms with Crippen LogP contribution in [0.25, 0.3) is 20.8 Å². The van der Waals surface area contributed by atoms with Crippen molar-refractivity contribution in [3.05, 3.63) is 59.9 Å². The van der Waals surface area contributed by atoms with Gasteiger partial charge in [-0.15, -0.1) is 11.3 Å². The molecular weight excluding hydrogens is 480 g/mol. The lowest BCUT2D eigenvalue weighted by molar-refractivity contribution is 0.0257. The lowest BCUT2D eigenvalue weighted by Gasteiger charge is -2.24. The topological polar surface area (TPSA) is 80.0 Å². The second-order valence-corrected chi connectivity index (χ2v) is 10.1. The van der Waals surface area contributed by atoms with Gasteiger partial charge in [0.05, 0.1) is 39.2 Å². The Morgan fingerprint density at radius 2 is 1.77 bits per heavy atom. The van der Waals surface area contributed by atoms with Gasteiger partial charge in [0.1, 0.15) is 28.3 Å². The minimum Gasteiger partial charge on any atom is -0.364 e. The number of benzene rings is 1. The zero-order valence-corrected chi connectivity index (χ0v) is 19.2. The molecule has 0 unspecified atom stereocenters. The van der Waals surface area contributed by atoms with Crippen LogP contribution in [-0.4, -0.2) is 34.0 Å². The lowest BCUT2D eigenvalue weighted by Crippen LogP contribution is -2.30. The highest BCUT2D eigenvalue weighted by molar-refractivity contribution is 7.21. The van der Waals surface area contributed by atoms with Gasteiger partial charge in [0.25, 0.3) is 5.92 Å². The summed E-state index contributed by atoms with van der Waals surface area (Å²) in [6, 6.07) is 8.82. The van der Waals surface area contributed by atoms with Crippen LogP contribution in [0.2, 0.25) is 0 Å². The van der Waals surface area contributed by atoms with Crippen molar-refractivity contribution in [3.63, 3.8) is 0 Å². The fraction of sp³-hybridized carbons (Fsp3) is 0.292. The Bertz CT molecular complexity index is 1430. The predicted octanol–water partition coefficient (Wildman–Crippen LogP) is 5.57. The van der Waals surface area contributed by atoms with Crippen molar-refractivity contribution < 1.29 is 17.6 Å². The number of nitrogens with zero attached hydrogens (tertiary/aromatic N) is 4. The molecule has 0 spiro atoms. The number of alkyl halides is 2. The molecule has 35 heavy (non-hydrogen) atoms. The summed E-state index contributed by atoms with van der Waals surface area (Å²) >= 11 is 1.14. The highest BCUT2D eigenvalue weighted by Crippen LogP contribution is 2.47. The zero-order chi connectivity index (χ0) is 24.4. The summed E-state index contributed by atoms with van der Waals surface area (Å²) in [5, 5.41) is 3.34. The predicted molar refractivity (Wildman–Crippen MR) is 127 cm³/mol. The number of hydrogen-bond acceptors (Lipinski definition) is 7. The van der Waals surface area contributed by atoms with Crippen molar-refractivity contribution in [1.82, 2.24) is 15.0 Å². The normalized spacial score (nSPS) is 18.3. The monoisotopic (exact) mass is 500 g/mol. The summed E-state index contributed by atoms with van der Waals surface area (Å²) in [4.78, 5) is 15.1. The maximum Gasteiger partial charge on any atom is 0.266 e. The number of fused-ring (bicyclic) bond motifs is 1. The Morgan fingerprint density at radius 1 is 1.00 bits per heavy atom. The number of rotatable bonds is 5. The van der Waals surface area contributed by atoms with Crippen molar-refractivity contribution in [1.29, 1.82) is 0 Å². The Balaban J connectivity index is 1.31. The molecule has 6 rings (SSSR count). The van der Waals surface area contributed by atoms with Gasteiger partial charge in [-0.05, 0) is 37.1 Å². The second kappa shape index (κ2) is 7.85. The summed E-state index contributed by atoms with van der Waals surface area (Å²) in [6.07, 6.45) is 2.85. The van der Waals surface area contributed by atoms with E-state index in [4.69, 9.17) is 5.73 Å². The third-order valence-corrected chi connectivity index (χ3v) is 7.38. The van der Waals surface area contributed by atoms with Crippen LogP contribution in [0, 0.1) is 11.6 Å². The van der Waals surface area contributed by atoms with E-state index in [1.54, 1.807) is 29.3 Å². The number of hydrogen-bond donors (Lipinski definition) is 2. The Kier molecular flexibility index (Phi) is 4.98. The van der Waals surface area contributed by atoms with Crippen LogP contribution in [0.3, 0.4) is 0 Å². The summed E-state index contributed by atoms with van der Waals surface area (Å²) < 4.78 is 56.7. The molecule has 2 aliphatic rings. The van der Waals surface area contributed by atoms with Gasteiger partial charge in [0.2, 0.25) is 0 Å². The van der Waals surface area contributed by atoms with Gasteiger partial charge in [0.15, 0.2) is 0 Å². The summed E-state index contributed by atoms with van der Waals surface area (Å²) in [5.41, 5.74) is 7.38. The van der Waals surface area contributed by atoms with Crippen molar-refractivity contribution in [2.75, 3.05) is 23.3 Å². The van der Waals surface area contributed by atoms with Crippen LogP contribution in [0.5, 0.6) is 0 Å². The van der Waals surface area contributed by atoms with E-state index in [0.717, 1.165) is 24.2 Å². The molecule has 0 radical (unpaired) electrons. The minimum absolute atomic E-state index is 0.171. The molecule has 4 aromatic rings. The highest BCUT2D eigenvalue weighted by Gasteiger charge is 2.46. The molecule has 6 nitrogen and oxygen atoms in total. The first-order valence-corrected chi connectivity index (χ1v) is 11.9. The maximum absolute atomic E-state index is 14.2. The van der Waals surface area contributed by atoms with Gasteiger partial charge < -0.3 is 16.0 Å². The number of pyridine rings is 2. The van der Waals surface area contributed by atoms with Crippen LogP contribution in [0.4, 0.5) is 34.9 Å².